The Kier molecular flexibility index (Phi) is 4.51. The van der Waals surface area contributed by atoms with Crippen molar-refractivity contribution in [3.8, 4) is 5.69 Å². The summed E-state index contributed by atoms with van der Waals surface area (Å²) in [6.07, 6.45) is 1.80. The van der Waals surface area contributed by atoms with Gasteiger partial charge in [-0.15, -0.1) is 0 Å². The summed E-state index contributed by atoms with van der Waals surface area (Å²) in [5, 5.41) is 7.91. The summed E-state index contributed by atoms with van der Waals surface area (Å²) < 4.78 is 3.64. The zero-order chi connectivity index (χ0) is 17.1. The van der Waals surface area contributed by atoms with E-state index in [9.17, 15) is 4.79 Å². The molecule has 0 radical (unpaired) electrons. The Bertz CT molecular complexity index is 893. The van der Waals surface area contributed by atoms with Gasteiger partial charge >= 0.3 is 0 Å². The van der Waals surface area contributed by atoms with E-state index in [1.807, 2.05) is 61.0 Å². The van der Waals surface area contributed by atoms with Crippen molar-refractivity contribution in [3.63, 3.8) is 0 Å². The number of benzene rings is 1. The van der Waals surface area contributed by atoms with E-state index in [4.69, 9.17) is 0 Å². The highest BCUT2D eigenvalue weighted by Crippen LogP contribution is 2.18. The van der Waals surface area contributed by atoms with Crippen molar-refractivity contribution in [1.29, 1.82) is 0 Å². The van der Waals surface area contributed by atoms with Gasteiger partial charge in [0.2, 0.25) is 0 Å². The lowest BCUT2D eigenvalue weighted by Crippen LogP contribution is -2.22. The molecule has 1 aromatic carbocycles. The first-order chi connectivity index (χ1) is 11.6. The lowest BCUT2D eigenvalue weighted by Gasteiger charge is -2.09. The van der Waals surface area contributed by atoms with Crippen molar-refractivity contribution in [1.82, 2.24) is 14.3 Å². The number of aryl methyl sites for hydroxylation is 2. The smallest absolute Gasteiger partial charge is 0.273 e. The summed E-state index contributed by atoms with van der Waals surface area (Å²) in [4.78, 5) is 12.3. The lowest BCUT2D eigenvalue weighted by atomic mass is 10.2. The van der Waals surface area contributed by atoms with Gasteiger partial charge < -0.3 is 9.88 Å². The molecule has 1 N–H and O–H groups in total. The fourth-order valence-corrected chi connectivity index (χ4v) is 2.86. The van der Waals surface area contributed by atoms with Crippen LogP contribution in [0.3, 0.4) is 0 Å². The highest BCUT2D eigenvalue weighted by Gasteiger charge is 2.13. The van der Waals surface area contributed by atoms with Gasteiger partial charge in [-0.1, -0.05) is 18.2 Å². The molecule has 3 aromatic rings. The van der Waals surface area contributed by atoms with Crippen LogP contribution in [0.2, 0.25) is 0 Å². The zero-order valence-electron chi connectivity index (χ0n) is 14.3. The standard InChI is InChI=1S/C19H22N4O/c1-4-22-12-8-11-18(19(22)24)20-13-17-14(2)21-23(15(17)3)16-9-6-5-7-10-16/h5-12,20H,4,13H2,1-3H3. The number of para-hydroxylation sites is 1. The molecule has 0 unspecified atom stereocenters. The minimum atomic E-state index is 0.00533. The number of anilines is 1. The van der Waals surface area contributed by atoms with Gasteiger partial charge in [-0.05, 0) is 45.0 Å². The Morgan fingerprint density at radius 1 is 1.08 bits per heavy atom. The van der Waals surface area contributed by atoms with E-state index < -0.39 is 0 Å². The first-order valence-corrected chi connectivity index (χ1v) is 8.15. The third kappa shape index (κ3) is 2.97. The molecule has 0 aliphatic rings. The first kappa shape index (κ1) is 16.1. The molecule has 0 amide bonds. The number of hydrogen-bond donors (Lipinski definition) is 1. The predicted molar refractivity (Wildman–Crippen MR) is 96.7 cm³/mol. The van der Waals surface area contributed by atoms with Crippen molar-refractivity contribution in [2.45, 2.75) is 33.9 Å². The molecule has 2 aromatic heterocycles. The number of aromatic nitrogens is 3. The van der Waals surface area contributed by atoms with Gasteiger partial charge in [0.25, 0.3) is 5.56 Å². The normalized spacial score (nSPS) is 10.8. The maximum Gasteiger partial charge on any atom is 0.273 e. The number of nitrogens with zero attached hydrogens (tertiary/aromatic N) is 3. The monoisotopic (exact) mass is 322 g/mol. The number of rotatable bonds is 5. The van der Waals surface area contributed by atoms with Crippen LogP contribution in [0, 0.1) is 13.8 Å². The van der Waals surface area contributed by atoms with E-state index in [1.54, 1.807) is 10.8 Å². The van der Waals surface area contributed by atoms with E-state index in [0.29, 0.717) is 18.8 Å². The van der Waals surface area contributed by atoms with Crippen LogP contribution in [-0.2, 0) is 13.1 Å². The summed E-state index contributed by atoms with van der Waals surface area (Å²) in [5.74, 6) is 0. The Balaban J connectivity index is 1.87. The Morgan fingerprint density at radius 3 is 2.54 bits per heavy atom. The summed E-state index contributed by atoms with van der Waals surface area (Å²) in [5.41, 5.74) is 4.83. The molecule has 0 aliphatic heterocycles. The average molecular weight is 322 g/mol. The van der Waals surface area contributed by atoms with Gasteiger partial charge in [-0.25, -0.2) is 4.68 Å². The minimum Gasteiger partial charge on any atom is -0.376 e. The quantitative estimate of drug-likeness (QED) is 0.784. The molecule has 2 heterocycles. The van der Waals surface area contributed by atoms with Gasteiger partial charge in [0.05, 0.1) is 11.4 Å². The molecular formula is C19H22N4O. The molecule has 24 heavy (non-hydrogen) atoms. The topological polar surface area (TPSA) is 51.9 Å². The van der Waals surface area contributed by atoms with Gasteiger partial charge in [-0.3, -0.25) is 4.79 Å². The second kappa shape index (κ2) is 6.74. The first-order valence-electron chi connectivity index (χ1n) is 8.15. The van der Waals surface area contributed by atoms with Crippen LogP contribution in [-0.4, -0.2) is 14.3 Å². The lowest BCUT2D eigenvalue weighted by molar-refractivity contribution is 0.728. The fourth-order valence-electron chi connectivity index (χ4n) is 2.86. The minimum absolute atomic E-state index is 0.00533. The van der Waals surface area contributed by atoms with E-state index in [-0.39, 0.29) is 5.56 Å². The molecular weight excluding hydrogens is 300 g/mol. The Morgan fingerprint density at radius 2 is 1.83 bits per heavy atom. The van der Waals surface area contributed by atoms with Gasteiger partial charge in [0.1, 0.15) is 5.69 Å². The molecule has 0 aliphatic carbocycles. The van der Waals surface area contributed by atoms with Crippen LogP contribution < -0.4 is 10.9 Å². The van der Waals surface area contributed by atoms with Crippen LogP contribution in [0.4, 0.5) is 5.69 Å². The van der Waals surface area contributed by atoms with Crippen molar-refractivity contribution >= 4 is 5.69 Å². The Labute approximate surface area is 141 Å². The molecule has 0 saturated carbocycles. The summed E-state index contributed by atoms with van der Waals surface area (Å²) in [7, 11) is 0. The number of pyridine rings is 1. The summed E-state index contributed by atoms with van der Waals surface area (Å²) in [6, 6.07) is 13.8. The molecule has 0 atom stereocenters. The second-order valence-electron chi connectivity index (χ2n) is 5.76. The second-order valence-corrected chi connectivity index (χ2v) is 5.76. The fraction of sp³-hybridized carbons (Fsp3) is 0.263. The van der Waals surface area contributed by atoms with Gasteiger partial charge in [0.15, 0.2) is 0 Å². The maximum atomic E-state index is 12.3. The average Bonchev–Trinajstić information content (AvgIpc) is 2.89. The van der Waals surface area contributed by atoms with Crippen molar-refractivity contribution in [2.24, 2.45) is 0 Å². The highest BCUT2D eigenvalue weighted by molar-refractivity contribution is 5.43. The Hall–Kier alpha value is -2.82. The molecule has 0 bridgehead atoms. The third-order valence-corrected chi connectivity index (χ3v) is 4.26. The summed E-state index contributed by atoms with van der Waals surface area (Å²) in [6.45, 7) is 7.26. The number of hydrogen-bond acceptors (Lipinski definition) is 3. The largest absolute Gasteiger partial charge is 0.376 e. The van der Waals surface area contributed by atoms with E-state index >= 15 is 0 Å². The van der Waals surface area contributed by atoms with Crippen LogP contribution >= 0.6 is 0 Å². The van der Waals surface area contributed by atoms with Crippen molar-refractivity contribution < 1.29 is 0 Å². The van der Waals surface area contributed by atoms with Crippen molar-refractivity contribution in [2.75, 3.05) is 5.32 Å². The third-order valence-electron chi connectivity index (χ3n) is 4.26. The molecule has 0 fully saturated rings. The van der Waals surface area contributed by atoms with E-state index in [0.717, 1.165) is 22.6 Å². The highest BCUT2D eigenvalue weighted by atomic mass is 16.1. The van der Waals surface area contributed by atoms with E-state index in [2.05, 4.69) is 17.3 Å². The molecule has 5 nitrogen and oxygen atoms in total. The summed E-state index contributed by atoms with van der Waals surface area (Å²) >= 11 is 0. The SMILES string of the molecule is CCn1cccc(NCc2c(C)nn(-c3ccccc3)c2C)c1=O. The maximum absolute atomic E-state index is 12.3. The van der Waals surface area contributed by atoms with Gasteiger partial charge in [0, 0.05) is 30.5 Å². The van der Waals surface area contributed by atoms with Crippen LogP contribution in [0.1, 0.15) is 23.9 Å². The molecule has 0 spiro atoms. The molecule has 124 valence electrons. The number of nitrogens with one attached hydrogen (secondary N) is 1. The van der Waals surface area contributed by atoms with E-state index in [1.165, 1.54) is 0 Å². The zero-order valence-corrected chi connectivity index (χ0v) is 14.3. The van der Waals surface area contributed by atoms with Crippen LogP contribution in [0.15, 0.2) is 53.5 Å². The molecule has 5 heteroatoms. The van der Waals surface area contributed by atoms with Crippen LogP contribution in [0.5, 0.6) is 0 Å². The molecule has 3 rings (SSSR count). The van der Waals surface area contributed by atoms with Gasteiger partial charge in [-0.2, -0.15) is 5.10 Å². The predicted octanol–water partition coefficient (Wildman–Crippen LogP) is 3.28. The molecule has 0 saturated heterocycles. The van der Waals surface area contributed by atoms with Crippen LogP contribution in [0.25, 0.3) is 5.69 Å². The van der Waals surface area contributed by atoms with Crippen molar-refractivity contribution in [3.05, 3.63) is 76.0 Å².